The Bertz CT molecular complexity index is 411. The van der Waals surface area contributed by atoms with Crippen molar-refractivity contribution >= 4 is 6.29 Å². The molecule has 60 valence electrons. The van der Waals surface area contributed by atoms with Crippen LogP contribution in [0.4, 0.5) is 0 Å². The molecule has 0 aromatic heterocycles. The molecular weight excluding hydrogens is 152 g/mol. The Morgan fingerprint density at radius 2 is 2.08 bits per heavy atom. The number of carbonyl (C=O) groups is 1. The van der Waals surface area contributed by atoms with Crippen molar-refractivity contribution in [3.8, 4) is 0 Å². The number of aldehydes is 1. The highest BCUT2D eigenvalue weighted by Crippen LogP contribution is 1.88. The van der Waals surface area contributed by atoms with Gasteiger partial charge >= 0.3 is 0 Å². The van der Waals surface area contributed by atoms with Gasteiger partial charge in [-0.05, 0) is 12.1 Å². The molecule has 1 atom stereocenters. The maximum atomic E-state index is 10.4. The summed E-state index contributed by atoms with van der Waals surface area (Å²) in [6.07, 6.45) is 0.833. The van der Waals surface area contributed by atoms with E-state index in [4.69, 9.17) is 0 Å². The molecule has 1 heterocycles. The lowest BCUT2D eigenvalue weighted by atomic mass is 10.2. The Morgan fingerprint density at radius 3 is 2.83 bits per heavy atom. The van der Waals surface area contributed by atoms with Crippen molar-refractivity contribution in [2.75, 3.05) is 6.54 Å². The van der Waals surface area contributed by atoms with Crippen molar-refractivity contribution in [3.05, 3.63) is 35.0 Å². The molecule has 3 heteroatoms. The highest BCUT2D eigenvalue weighted by molar-refractivity contribution is 5.58. The average molecular weight is 160 g/mol. The van der Waals surface area contributed by atoms with Gasteiger partial charge in [-0.3, -0.25) is 9.98 Å². The molecule has 1 aliphatic rings. The summed E-state index contributed by atoms with van der Waals surface area (Å²) in [4.78, 5) is 18.8. The summed E-state index contributed by atoms with van der Waals surface area (Å²) in [6.45, 7) is 0.487. The Labute approximate surface area is 69.5 Å². The minimum atomic E-state index is -0.278. The fourth-order valence-electron chi connectivity index (χ4n) is 1.19. The van der Waals surface area contributed by atoms with Crippen molar-refractivity contribution < 1.29 is 4.79 Å². The summed E-state index contributed by atoms with van der Waals surface area (Å²) in [5.41, 5.74) is 0. The molecule has 0 amide bonds. The third-order valence-electron chi connectivity index (χ3n) is 1.79. The molecule has 0 fully saturated rings. The van der Waals surface area contributed by atoms with Gasteiger partial charge in [0.2, 0.25) is 0 Å². The van der Waals surface area contributed by atoms with Crippen molar-refractivity contribution in [2.45, 2.75) is 6.04 Å². The van der Waals surface area contributed by atoms with Crippen LogP contribution in [0.25, 0.3) is 0 Å². The maximum Gasteiger partial charge on any atom is 0.146 e. The first-order valence-electron chi connectivity index (χ1n) is 3.83. The number of nitrogens with zero attached hydrogens (tertiary/aromatic N) is 2. The summed E-state index contributed by atoms with van der Waals surface area (Å²) < 4.78 is 0. The van der Waals surface area contributed by atoms with Gasteiger partial charge in [0.05, 0.1) is 17.3 Å². The molecule has 2 rings (SSSR count). The van der Waals surface area contributed by atoms with Crippen molar-refractivity contribution in [1.82, 2.24) is 0 Å². The van der Waals surface area contributed by atoms with Crippen LogP contribution in [0.15, 0.2) is 34.3 Å². The van der Waals surface area contributed by atoms with Crippen LogP contribution in [0, 0.1) is 0 Å². The predicted molar refractivity (Wildman–Crippen MR) is 43.5 cm³/mol. The summed E-state index contributed by atoms with van der Waals surface area (Å²) >= 11 is 0. The first kappa shape index (κ1) is 7.16. The highest BCUT2D eigenvalue weighted by atomic mass is 16.1. The first-order chi connectivity index (χ1) is 5.90. The summed E-state index contributed by atoms with van der Waals surface area (Å²) in [5, 5.41) is 1.71. The van der Waals surface area contributed by atoms with Gasteiger partial charge in [0.25, 0.3) is 0 Å². The molecule has 0 spiro atoms. The van der Waals surface area contributed by atoms with Crippen molar-refractivity contribution in [2.24, 2.45) is 9.98 Å². The van der Waals surface area contributed by atoms with Crippen LogP contribution in [0.3, 0.4) is 0 Å². The Kier molecular flexibility index (Phi) is 1.70. The van der Waals surface area contributed by atoms with Crippen molar-refractivity contribution in [1.29, 1.82) is 0 Å². The van der Waals surface area contributed by atoms with Gasteiger partial charge in [-0.2, -0.15) is 0 Å². The molecule has 0 saturated heterocycles. The summed E-state index contributed by atoms with van der Waals surface area (Å²) in [7, 11) is 0. The molecule has 3 nitrogen and oxygen atoms in total. The number of para-hydroxylation sites is 2. The molecule has 1 aliphatic heterocycles. The van der Waals surface area contributed by atoms with E-state index in [9.17, 15) is 4.79 Å². The second-order valence-electron chi connectivity index (χ2n) is 2.66. The minimum absolute atomic E-state index is 0.278. The largest absolute Gasteiger partial charge is 0.301 e. The molecule has 0 aliphatic carbocycles. The fraction of sp³-hybridized carbons (Fsp3) is 0.222. The smallest absolute Gasteiger partial charge is 0.146 e. The number of rotatable bonds is 1. The van der Waals surface area contributed by atoms with Gasteiger partial charge in [0.1, 0.15) is 12.3 Å². The molecule has 0 bridgehead atoms. The van der Waals surface area contributed by atoms with Crippen LogP contribution < -0.4 is 10.7 Å². The van der Waals surface area contributed by atoms with Gasteiger partial charge < -0.3 is 4.79 Å². The summed E-state index contributed by atoms with van der Waals surface area (Å²) in [5.74, 6) is 0. The highest BCUT2D eigenvalue weighted by Gasteiger charge is 2.06. The van der Waals surface area contributed by atoms with E-state index in [1.165, 1.54) is 0 Å². The van der Waals surface area contributed by atoms with Gasteiger partial charge in [-0.15, -0.1) is 0 Å². The molecular formula is C9H8N2O. The maximum absolute atomic E-state index is 10.4. The number of carbonyl (C=O) groups excluding carboxylic acids is 1. The molecule has 1 aromatic rings. The lowest BCUT2D eigenvalue weighted by molar-refractivity contribution is -0.108. The third kappa shape index (κ3) is 1.13. The fourth-order valence-corrected chi connectivity index (χ4v) is 1.19. The van der Waals surface area contributed by atoms with E-state index < -0.39 is 0 Å². The van der Waals surface area contributed by atoms with Crippen LogP contribution in [0.1, 0.15) is 0 Å². The van der Waals surface area contributed by atoms with E-state index in [1.807, 2.05) is 24.3 Å². The van der Waals surface area contributed by atoms with Crippen molar-refractivity contribution in [3.63, 3.8) is 0 Å². The van der Waals surface area contributed by atoms with E-state index in [0.29, 0.717) is 6.54 Å². The Morgan fingerprint density at radius 1 is 1.33 bits per heavy atom. The SMILES string of the molecule is O=CC1CN=c2ccccc2=N1. The Hall–Kier alpha value is -1.51. The van der Waals surface area contributed by atoms with Gasteiger partial charge in [-0.25, -0.2) is 0 Å². The normalized spacial score (nSPS) is 20.2. The number of hydrogen-bond acceptors (Lipinski definition) is 3. The van der Waals surface area contributed by atoms with E-state index >= 15 is 0 Å². The van der Waals surface area contributed by atoms with E-state index in [-0.39, 0.29) is 6.04 Å². The van der Waals surface area contributed by atoms with Gasteiger partial charge in [0, 0.05) is 0 Å². The molecule has 12 heavy (non-hydrogen) atoms. The predicted octanol–water partition coefficient (Wildman–Crippen LogP) is -0.493. The number of fused-ring (bicyclic) bond motifs is 1. The van der Waals surface area contributed by atoms with Crippen LogP contribution >= 0.6 is 0 Å². The van der Waals surface area contributed by atoms with Crippen LogP contribution in [-0.4, -0.2) is 18.9 Å². The quantitative estimate of drug-likeness (QED) is 0.511. The number of hydrogen-bond donors (Lipinski definition) is 0. The second-order valence-corrected chi connectivity index (χ2v) is 2.66. The molecule has 1 aromatic carbocycles. The lowest BCUT2D eigenvalue weighted by Crippen LogP contribution is -2.33. The van der Waals surface area contributed by atoms with E-state index in [0.717, 1.165) is 17.0 Å². The van der Waals surface area contributed by atoms with Crippen LogP contribution in [-0.2, 0) is 4.79 Å². The topological polar surface area (TPSA) is 41.8 Å². The van der Waals surface area contributed by atoms with Gasteiger partial charge in [-0.1, -0.05) is 12.1 Å². The zero-order valence-corrected chi connectivity index (χ0v) is 6.47. The second kappa shape index (κ2) is 2.85. The first-order valence-corrected chi connectivity index (χ1v) is 3.83. The molecule has 0 saturated carbocycles. The molecule has 0 N–H and O–H groups in total. The molecule has 1 unspecified atom stereocenters. The zero-order valence-electron chi connectivity index (χ0n) is 6.47. The average Bonchev–Trinajstić information content (AvgIpc) is 2.17. The van der Waals surface area contributed by atoms with Gasteiger partial charge in [0.15, 0.2) is 0 Å². The van der Waals surface area contributed by atoms with E-state index in [2.05, 4.69) is 9.98 Å². The lowest BCUT2D eigenvalue weighted by Gasteiger charge is -2.04. The minimum Gasteiger partial charge on any atom is -0.301 e. The standard InChI is InChI=1S/C9H8N2O/c12-6-7-5-10-8-3-1-2-4-9(8)11-7/h1-4,6-7H,5H2. The summed E-state index contributed by atoms with van der Waals surface area (Å²) in [6, 6.07) is 7.30. The van der Waals surface area contributed by atoms with Crippen LogP contribution in [0.2, 0.25) is 0 Å². The monoisotopic (exact) mass is 160 g/mol. The Balaban J connectivity index is 2.63. The zero-order chi connectivity index (χ0) is 8.39. The number of benzene rings is 1. The van der Waals surface area contributed by atoms with E-state index in [1.54, 1.807) is 0 Å². The van der Waals surface area contributed by atoms with Crippen LogP contribution in [0.5, 0.6) is 0 Å². The third-order valence-corrected chi connectivity index (χ3v) is 1.79. The molecule has 0 radical (unpaired) electrons.